The molecule has 1 aliphatic heterocycles. The molecule has 0 saturated carbocycles. The first-order valence-electron chi connectivity index (χ1n) is 8.99. The van der Waals surface area contributed by atoms with E-state index < -0.39 is 5.60 Å². The summed E-state index contributed by atoms with van der Waals surface area (Å²) in [7, 11) is 0. The van der Waals surface area contributed by atoms with Crippen molar-refractivity contribution >= 4 is 11.9 Å². The van der Waals surface area contributed by atoms with Gasteiger partial charge in [-0.2, -0.15) is 0 Å². The number of hydrogen-bond donors (Lipinski definition) is 2. The van der Waals surface area contributed by atoms with Crippen molar-refractivity contribution in [2.45, 2.75) is 44.8 Å². The second-order valence-corrected chi connectivity index (χ2v) is 7.10. The Labute approximate surface area is 153 Å². The van der Waals surface area contributed by atoms with E-state index in [2.05, 4.69) is 34.1 Å². The Hall–Kier alpha value is -2.48. The number of rotatable bonds is 7. The van der Waals surface area contributed by atoms with E-state index in [9.17, 15) is 9.90 Å². The van der Waals surface area contributed by atoms with E-state index in [1.54, 1.807) is 24.7 Å². The fourth-order valence-electron chi connectivity index (χ4n) is 3.21. The van der Waals surface area contributed by atoms with Gasteiger partial charge in [0.2, 0.25) is 11.9 Å². The average molecular weight is 358 g/mol. The van der Waals surface area contributed by atoms with Crippen molar-refractivity contribution in [2.75, 3.05) is 24.5 Å². The summed E-state index contributed by atoms with van der Waals surface area (Å²) in [4.78, 5) is 26.9. The molecule has 0 unspecified atom stereocenters. The van der Waals surface area contributed by atoms with Gasteiger partial charge in [-0.25, -0.2) is 15.0 Å². The number of β-amino-alcohol motifs (C(OH)–C–C–N with tert-alkyl or cyclic N) is 1. The zero-order valence-corrected chi connectivity index (χ0v) is 15.3. The van der Waals surface area contributed by atoms with Crippen molar-refractivity contribution in [3.05, 3.63) is 36.7 Å². The second-order valence-electron chi connectivity index (χ2n) is 7.10. The minimum Gasteiger partial charge on any atom is -0.386 e. The maximum Gasteiger partial charge on any atom is 0.225 e. The van der Waals surface area contributed by atoms with E-state index in [-0.39, 0.29) is 12.5 Å². The minimum atomic E-state index is -0.951. The first kappa shape index (κ1) is 18.3. The summed E-state index contributed by atoms with van der Waals surface area (Å²) in [6.45, 7) is 6.06. The minimum absolute atomic E-state index is 0.0729. The Balaban J connectivity index is 1.46. The van der Waals surface area contributed by atoms with Crippen LogP contribution in [0.2, 0.25) is 0 Å². The highest BCUT2D eigenvalue weighted by Gasteiger charge is 2.37. The third-order valence-electron chi connectivity index (χ3n) is 4.63. The van der Waals surface area contributed by atoms with Crippen LogP contribution in [0.25, 0.3) is 0 Å². The number of nitrogens with one attached hydrogen (secondary N) is 1. The molecule has 3 rings (SSSR count). The number of carbonyl (C=O) groups excluding carboxylic acids is 1. The van der Waals surface area contributed by atoms with Crippen molar-refractivity contribution in [1.29, 1.82) is 0 Å². The average Bonchev–Trinajstić information content (AvgIpc) is 3.26. The summed E-state index contributed by atoms with van der Waals surface area (Å²) >= 11 is 0. The maximum absolute atomic E-state index is 12.2. The van der Waals surface area contributed by atoms with Crippen molar-refractivity contribution in [3.63, 3.8) is 0 Å². The van der Waals surface area contributed by atoms with Crippen molar-refractivity contribution in [2.24, 2.45) is 0 Å². The molecule has 2 N–H and O–H groups in total. The molecule has 2 aromatic rings. The van der Waals surface area contributed by atoms with Gasteiger partial charge in [-0.3, -0.25) is 4.79 Å². The molecule has 0 radical (unpaired) electrons. The monoisotopic (exact) mass is 358 g/mol. The molecule has 1 amide bonds. The van der Waals surface area contributed by atoms with Gasteiger partial charge in [0.05, 0.1) is 6.54 Å². The Morgan fingerprint density at radius 1 is 1.31 bits per heavy atom. The summed E-state index contributed by atoms with van der Waals surface area (Å²) in [5, 5.41) is 13.6. The number of carbonyl (C=O) groups is 1. The van der Waals surface area contributed by atoms with E-state index in [0.29, 0.717) is 44.3 Å². The lowest BCUT2D eigenvalue weighted by Gasteiger charge is -2.23. The summed E-state index contributed by atoms with van der Waals surface area (Å²) < 4.78 is 2.00. The third-order valence-corrected chi connectivity index (χ3v) is 4.63. The lowest BCUT2D eigenvalue weighted by molar-refractivity contribution is -0.122. The standard InChI is InChI=1S/C18H26N6O2/c1-14(2)16-19-8-11-23(16)9-4-15(25)22-12-18(26)5-10-24(13-18)17-20-6-3-7-21-17/h3,6-8,11,14,26H,4-5,9-10,12-13H2,1-2H3,(H,22,25)/t18-/m1/s1. The van der Waals surface area contributed by atoms with Crippen LogP contribution in [0.5, 0.6) is 0 Å². The second kappa shape index (κ2) is 7.82. The molecule has 0 bridgehead atoms. The van der Waals surface area contributed by atoms with Gasteiger partial charge in [0.25, 0.3) is 0 Å². The van der Waals surface area contributed by atoms with E-state index in [1.165, 1.54) is 0 Å². The van der Waals surface area contributed by atoms with Crippen LogP contribution in [-0.4, -0.2) is 55.8 Å². The van der Waals surface area contributed by atoms with Gasteiger partial charge in [0, 0.05) is 56.8 Å². The largest absolute Gasteiger partial charge is 0.386 e. The number of hydrogen-bond acceptors (Lipinski definition) is 6. The van der Waals surface area contributed by atoms with Crippen LogP contribution in [0, 0.1) is 0 Å². The van der Waals surface area contributed by atoms with E-state index in [1.807, 2.05) is 15.7 Å². The molecule has 3 heterocycles. The van der Waals surface area contributed by atoms with Crippen LogP contribution < -0.4 is 10.2 Å². The molecule has 1 aliphatic rings. The Morgan fingerprint density at radius 2 is 2.08 bits per heavy atom. The zero-order chi connectivity index (χ0) is 18.6. The number of nitrogens with zero attached hydrogens (tertiary/aromatic N) is 5. The Kier molecular flexibility index (Phi) is 5.51. The van der Waals surface area contributed by atoms with Crippen LogP contribution in [0.15, 0.2) is 30.9 Å². The molecule has 140 valence electrons. The molecule has 8 nitrogen and oxygen atoms in total. The molecule has 1 fully saturated rings. The van der Waals surface area contributed by atoms with E-state index in [0.717, 1.165) is 5.82 Å². The maximum atomic E-state index is 12.2. The van der Waals surface area contributed by atoms with Crippen LogP contribution in [-0.2, 0) is 11.3 Å². The number of imidazole rings is 1. The molecule has 2 aromatic heterocycles. The fourth-order valence-corrected chi connectivity index (χ4v) is 3.21. The topological polar surface area (TPSA) is 96.2 Å². The molecule has 26 heavy (non-hydrogen) atoms. The molecule has 1 atom stereocenters. The fraction of sp³-hybridized carbons (Fsp3) is 0.556. The summed E-state index contributed by atoms with van der Waals surface area (Å²) in [5.41, 5.74) is -0.951. The van der Waals surface area contributed by atoms with Gasteiger partial charge in [-0.1, -0.05) is 13.8 Å². The van der Waals surface area contributed by atoms with Gasteiger partial charge >= 0.3 is 0 Å². The summed E-state index contributed by atoms with van der Waals surface area (Å²) in [6, 6.07) is 1.76. The van der Waals surface area contributed by atoms with Crippen molar-refractivity contribution < 1.29 is 9.90 Å². The van der Waals surface area contributed by atoms with Crippen molar-refractivity contribution in [1.82, 2.24) is 24.8 Å². The van der Waals surface area contributed by atoms with Gasteiger partial charge in [-0.05, 0) is 12.5 Å². The molecule has 1 saturated heterocycles. The molecule has 8 heteroatoms. The Bertz CT molecular complexity index is 732. The zero-order valence-electron chi connectivity index (χ0n) is 15.3. The van der Waals surface area contributed by atoms with Gasteiger partial charge < -0.3 is 19.9 Å². The summed E-state index contributed by atoms with van der Waals surface area (Å²) in [5.74, 6) is 1.83. The first-order chi connectivity index (χ1) is 12.5. The lowest BCUT2D eigenvalue weighted by atomic mass is 10.0. The smallest absolute Gasteiger partial charge is 0.225 e. The van der Waals surface area contributed by atoms with E-state index in [4.69, 9.17) is 0 Å². The van der Waals surface area contributed by atoms with Crippen LogP contribution >= 0.6 is 0 Å². The normalized spacial score (nSPS) is 19.9. The van der Waals surface area contributed by atoms with E-state index >= 15 is 0 Å². The molecule has 0 aromatic carbocycles. The lowest BCUT2D eigenvalue weighted by Crippen LogP contribution is -2.45. The van der Waals surface area contributed by atoms with Crippen LogP contribution in [0.4, 0.5) is 5.95 Å². The number of aliphatic hydroxyl groups is 1. The third kappa shape index (κ3) is 4.37. The summed E-state index contributed by atoms with van der Waals surface area (Å²) in [6.07, 6.45) is 7.95. The molecule has 0 aliphatic carbocycles. The van der Waals surface area contributed by atoms with Crippen LogP contribution in [0.1, 0.15) is 38.4 Å². The highest BCUT2D eigenvalue weighted by atomic mass is 16.3. The predicted molar refractivity (Wildman–Crippen MR) is 97.8 cm³/mol. The van der Waals surface area contributed by atoms with Crippen molar-refractivity contribution in [3.8, 4) is 0 Å². The number of anilines is 1. The van der Waals surface area contributed by atoms with Gasteiger partial charge in [-0.15, -0.1) is 0 Å². The SMILES string of the molecule is CC(C)c1nccn1CCC(=O)NC[C@]1(O)CCN(c2ncccn2)C1. The number of aryl methyl sites for hydroxylation is 1. The predicted octanol–water partition coefficient (Wildman–Crippen LogP) is 0.944. The van der Waals surface area contributed by atoms with Gasteiger partial charge in [0.1, 0.15) is 11.4 Å². The quantitative estimate of drug-likeness (QED) is 0.765. The molecular formula is C18H26N6O2. The van der Waals surface area contributed by atoms with Crippen LogP contribution in [0.3, 0.4) is 0 Å². The highest BCUT2D eigenvalue weighted by Crippen LogP contribution is 2.23. The molecular weight excluding hydrogens is 332 g/mol. The first-order valence-corrected chi connectivity index (χ1v) is 8.99. The van der Waals surface area contributed by atoms with Gasteiger partial charge in [0.15, 0.2) is 0 Å². The highest BCUT2D eigenvalue weighted by molar-refractivity contribution is 5.75. The molecule has 0 spiro atoms. The Morgan fingerprint density at radius 3 is 2.81 bits per heavy atom. The number of amides is 1. The number of aromatic nitrogens is 4.